The Bertz CT molecular complexity index is 389. The molecular weight excluding hydrogens is 220 g/mol. The molecule has 5 nitrogen and oxygen atoms in total. The van der Waals surface area contributed by atoms with Gasteiger partial charge in [-0.2, -0.15) is 5.48 Å². The highest BCUT2D eigenvalue weighted by molar-refractivity contribution is 5.39. The molecule has 1 aliphatic carbocycles. The number of benzene rings is 1. The monoisotopic (exact) mass is 236 g/mol. The summed E-state index contributed by atoms with van der Waals surface area (Å²) >= 11 is 0. The first-order valence-electron chi connectivity index (χ1n) is 5.88. The second-order valence-electron chi connectivity index (χ2n) is 4.23. The van der Waals surface area contributed by atoms with E-state index in [2.05, 4.69) is 5.48 Å². The van der Waals surface area contributed by atoms with E-state index >= 15 is 0 Å². The summed E-state index contributed by atoms with van der Waals surface area (Å²) in [6, 6.07) is 6.70. The summed E-state index contributed by atoms with van der Waals surface area (Å²) in [5.41, 5.74) is 3.62. The summed E-state index contributed by atoms with van der Waals surface area (Å²) in [7, 11) is 0. The molecule has 1 aliphatic rings. The van der Waals surface area contributed by atoms with Crippen molar-refractivity contribution >= 4 is 5.69 Å². The van der Waals surface area contributed by atoms with E-state index in [1.165, 1.54) is 18.9 Å². The number of rotatable bonds is 5. The molecule has 0 heterocycles. The van der Waals surface area contributed by atoms with E-state index in [0.29, 0.717) is 12.1 Å². The lowest BCUT2D eigenvalue weighted by atomic mass is 10.2. The molecule has 1 N–H and O–H groups in total. The van der Waals surface area contributed by atoms with Gasteiger partial charge in [0.2, 0.25) is 0 Å². The second kappa shape index (κ2) is 5.75. The summed E-state index contributed by atoms with van der Waals surface area (Å²) in [4.78, 5) is 15.9. The van der Waals surface area contributed by atoms with Crippen molar-refractivity contribution in [3.8, 4) is 0 Å². The summed E-state index contributed by atoms with van der Waals surface area (Å²) < 4.78 is 0. The molecule has 0 aromatic heterocycles. The Morgan fingerprint density at radius 3 is 2.76 bits per heavy atom. The molecule has 1 aromatic carbocycles. The minimum absolute atomic E-state index is 0.134. The van der Waals surface area contributed by atoms with Gasteiger partial charge in [0, 0.05) is 11.6 Å². The van der Waals surface area contributed by atoms with Crippen molar-refractivity contribution in [3.63, 3.8) is 0 Å². The quantitative estimate of drug-likeness (QED) is 0.630. The molecule has 0 bridgehead atoms. The maximum absolute atomic E-state index is 10.8. The van der Waals surface area contributed by atoms with E-state index < -0.39 is 0 Å². The van der Waals surface area contributed by atoms with Crippen LogP contribution in [0.1, 0.15) is 31.2 Å². The van der Waals surface area contributed by atoms with Crippen molar-refractivity contribution in [1.82, 2.24) is 5.48 Å². The van der Waals surface area contributed by atoms with E-state index in [1.54, 1.807) is 18.2 Å². The van der Waals surface area contributed by atoms with Gasteiger partial charge in [0.1, 0.15) is 0 Å². The molecule has 0 aliphatic heterocycles. The number of hydrogen-bond acceptors (Lipinski definition) is 4. The maximum Gasteiger partial charge on any atom is 0.273 e. The fraction of sp³-hybridized carbons (Fsp3) is 0.500. The average Bonchev–Trinajstić information content (AvgIpc) is 2.82. The summed E-state index contributed by atoms with van der Waals surface area (Å²) in [5.74, 6) is 0. The Morgan fingerprint density at radius 2 is 2.06 bits per heavy atom. The van der Waals surface area contributed by atoms with Crippen LogP contribution in [0.4, 0.5) is 5.69 Å². The van der Waals surface area contributed by atoms with Gasteiger partial charge in [0.15, 0.2) is 0 Å². The van der Waals surface area contributed by atoms with Crippen molar-refractivity contribution in [2.45, 2.75) is 38.3 Å². The molecule has 0 unspecified atom stereocenters. The predicted molar refractivity (Wildman–Crippen MR) is 63.3 cm³/mol. The molecule has 0 saturated heterocycles. The van der Waals surface area contributed by atoms with Gasteiger partial charge >= 0.3 is 0 Å². The highest BCUT2D eigenvalue weighted by atomic mass is 16.7. The molecule has 1 saturated carbocycles. The molecule has 5 heteroatoms. The van der Waals surface area contributed by atoms with Crippen LogP contribution in [0.25, 0.3) is 0 Å². The predicted octanol–water partition coefficient (Wildman–Crippen LogP) is 2.56. The Balaban J connectivity index is 1.87. The number of hydroxylamine groups is 1. The third-order valence-electron chi connectivity index (χ3n) is 3.00. The summed E-state index contributed by atoms with van der Waals surface area (Å²) in [6.07, 6.45) is 4.82. The first kappa shape index (κ1) is 12.0. The van der Waals surface area contributed by atoms with Gasteiger partial charge < -0.3 is 0 Å². The van der Waals surface area contributed by atoms with Crippen LogP contribution in [0, 0.1) is 10.1 Å². The van der Waals surface area contributed by atoms with Crippen molar-refractivity contribution in [3.05, 3.63) is 39.9 Å². The number of nitrogens with one attached hydrogen (secondary N) is 1. The van der Waals surface area contributed by atoms with Crippen molar-refractivity contribution < 1.29 is 9.76 Å². The van der Waals surface area contributed by atoms with E-state index in [9.17, 15) is 10.1 Å². The lowest BCUT2D eigenvalue weighted by Crippen LogP contribution is -2.21. The van der Waals surface area contributed by atoms with Crippen molar-refractivity contribution in [2.75, 3.05) is 0 Å². The van der Waals surface area contributed by atoms with Gasteiger partial charge in [-0.15, -0.1) is 0 Å². The van der Waals surface area contributed by atoms with Gasteiger partial charge in [-0.1, -0.05) is 31.0 Å². The molecule has 0 spiro atoms. The smallest absolute Gasteiger partial charge is 0.273 e. The largest absolute Gasteiger partial charge is 0.298 e. The highest BCUT2D eigenvalue weighted by Gasteiger charge is 2.16. The zero-order valence-electron chi connectivity index (χ0n) is 9.59. The Kier molecular flexibility index (Phi) is 4.06. The summed E-state index contributed by atoms with van der Waals surface area (Å²) in [5, 5.41) is 10.8. The van der Waals surface area contributed by atoms with Crippen LogP contribution in [-0.4, -0.2) is 11.0 Å². The maximum atomic E-state index is 10.8. The molecule has 2 rings (SSSR count). The topological polar surface area (TPSA) is 64.4 Å². The van der Waals surface area contributed by atoms with Crippen LogP contribution in [0.2, 0.25) is 0 Å². The fourth-order valence-electron chi connectivity index (χ4n) is 2.08. The number of para-hydroxylation sites is 1. The number of nitro benzene ring substituents is 1. The first-order chi connectivity index (χ1) is 8.27. The van der Waals surface area contributed by atoms with E-state index in [-0.39, 0.29) is 16.7 Å². The SMILES string of the molecule is O=[N+]([O-])c1ccccc1CNOC1CCCC1. The lowest BCUT2D eigenvalue weighted by molar-refractivity contribution is -0.385. The normalized spacial score (nSPS) is 16.2. The minimum Gasteiger partial charge on any atom is -0.298 e. The van der Waals surface area contributed by atoms with Crippen LogP contribution in [-0.2, 0) is 11.4 Å². The van der Waals surface area contributed by atoms with Crippen LogP contribution in [0.5, 0.6) is 0 Å². The molecule has 17 heavy (non-hydrogen) atoms. The van der Waals surface area contributed by atoms with E-state index in [0.717, 1.165) is 12.8 Å². The molecule has 0 amide bonds. The number of nitro groups is 1. The zero-order valence-corrected chi connectivity index (χ0v) is 9.59. The fourth-order valence-corrected chi connectivity index (χ4v) is 2.08. The molecule has 1 fully saturated rings. The first-order valence-corrected chi connectivity index (χ1v) is 5.88. The standard InChI is InChI=1S/C12H16N2O3/c15-14(16)12-8-4-1-5-10(12)9-13-17-11-6-2-3-7-11/h1,4-5,8,11,13H,2-3,6-7,9H2. The van der Waals surface area contributed by atoms with Crippen molar-refractivity contribution in [1.29, 1.82) is 0 Å². The third kappa shape index (κ3) is 3.25. The van der Waals surface area contributed by atoms with Crippen LogP contribution in [0.3, 0.4) is 0 Å². The molecular formula is C12H16N2O3. The molecule has 1 aromatic rings. The van der Waals surface area contributed by atoms with Gasteiger partial charge in [-0.3, -0.25) is 15.0 Å². The van der Waals surface area contributed by atoms with Gasteiger partial charge in [-0.25, -0.2) is 0 Å². The van der Waals surface area contributed by atoms with Gasteiger partial charge in [0.05, 0.1) is 17.6 Å². The van der Waals surface area contributed by atoms with Crippen LogP contribution in [0.15, 0.2) is 24.3 Å². The van der Waals surface area contributed by atoms with E-state index in [4.69, 9.17) is 4.84 Å². The van der Waals surface area contributed by atoms with Gasteiger partial charge in [0.25, 0.3) is 5.69 Å². The number of hydrogen-bond donors (Lipinski definition) is 1. The lowest BCUT2D eigenvalue weighted by Gasteiger charge is -2.11. The molecule has 0 radical (unpaired) electrons. The molecule has 92 valence electrons. The minimum atomic E-state index is -0.368. The molecule has 0 atom stereocenters. The summed E-state index contributed by atoms with van der Waals surface area (Å²) in [6.45, 7) is 0.369. The Hall–Kier alpha value is -1.46. The van der Waals surface area contributed by atoms with Gasteiger partial charge in [-0.05, 0) is 12.8 Å². The van der Waals surface area contributed by atoms with E-state index in [1.807, 2.05) is 0 Å². The Morgan fingerprint density at radius 1 is 1.35 bits per heavy atom. The Labute approximate surface area is 99.9 Å². The van der Waals surface area contributed by atoms with Crippen molar-refractivity contribution in [2.24, 2.45) is 0 Å². The zero-order chi connectivity index (χ0) is 12.1. The number of nitrogens with zero attached hydrogens (tertiary/aromatic N) is 1. The highest BCUT2D eigenvalue weighted by Crippen LogP contribution is 2.21. The average molecular weight is 236 g/mol. The van der Waals surface area contributed by atoms with Crippen LogP contribution < -0.4 is 5.48 Å². The van der Waals surface area contributed by atoms with Crippen LogP contribution >= 0.6 is 0 Å². The second-order valence-corrected chi connectivity index (χ2v) is 4.23. The third-order valence-corrected chi connectivity index (χ3v) is 3.00.